The molecule has 0 aromatic heterocycles. The van der Waals surface area contributed by atoms with Crippen molar-refractivity contribution in [2.45, 2.75) is 45.4 Å². The Morgan fingerprint density at radius 3 is 2.33 bits per heavy atom. The number of hydrogen-bond donors (Lipinski definition) is 1. The molecule has 2 heteroatoms. The van der Waals surface area contributed by atoms with Gasteiger partial charge in [-0.3, -0.25) is 0 Å². The fourth-order valence-corrected chi connectivity index (χ4v) is 2.93. The van der Waals surface area contributed by atoms with E-state index in [0.29, 0.717) is 24.0 Å². The van der Waals surface area contributed by atoms with Gasteiger partial charge < -0.3 is 10.1 Å². The third-order valence-electron chi connectivity index (χ3n) is 3.81. The highest BCUT2D eigenvalue weighted by molar-refractivity contribution is 5.10. The van der Waals surface area contributed by atoms with Crippen LogP contribution in [0.4, 0.5) is 0 Å². The van der Waals surface area contributed by atoms with Gasteiger partial charge in [0, 0.05) is 18.5 Å². The zero-order valence-electron chi connectivity index (χ0n) is 8.42. The lowest BCUT2D eigenvalue weighted by Crippen LogP contribution is -2.46. The Hall–Kier alpha value is -0.0800. The van der Waals surface area contributed by atoms with E-state index in [1.807, 2.05) is 0 Å². The molecule has 0 amide bonds. The largest absolute Gasteiger partial charge is 0.368 e. The monoisotopic (exact) mass is 169 g/mol. The first-order valence-corrected chi connectivity index (χ1v) is 4.99. The molecule has 0 aliphatic carbocycles. The Labute approximate surface area is 74.7 Å². The highest BCUT2D eigenvalue weighted by Crippen LogP contribution is 2.45. The number of rotatable bonds is 1. The zero-order chi connectivity index (χ0) is 8.93. The number of nitrogens with one attached hydrogen (secondary N) is 1. The molecule has 1 unspecified atom stereocenters. The van der Waals surface area contributed by atoms with Gasteiger partial charge in [0.2, 0.25) is 0 Å². The Kier molecular flexibility index (Phi) is 1.74. The number of hydrogen-bond acceptors (Lipinski definition) is 2. The first-order chi connectivity index (χ1) is 5.58. The molecule has 0 aromatic carbocycles. The van der Waals surface area contributed by atoms with Crippen molar-refractivity contribution in [1.82, 2.24) is 5.32 Å². The summed E-state index contributed by atoms with van der Waals surface area (Å²) in [6.07, 6.45) is 0.399. The van der Waals surface area contributed by atoms with E-state index >= 15 is 0 Å². The van der Waals surface area contributed by atoms with Crippen LogP contribution in [0, 0.1) is 11.8 Å². The fraction of sp³-hybridized carbons (Fsp3) is 1.00. The summed E-state index contributed by atoms with van der Waals surface area (Å²) < 4.78 is 6.06. The normalized spacial score (nSPS) is 52.2. The van der Waals surface area contributed by atoms with E-state index in [1.165, 1.54) is 0 Å². The van der Waals surface area contributed by atoms with E-state index in [-0.39, 0.29) is 5.60 Å². The third-order valence-corrected chi connectivity index (χ3v) is 3.81. The van der Waals surface area contributed by atoms with Crippen molar-refractivity contribution >= 4 is 0 Å². The summed E-state index contributed by atoms with van der Waals surface area (Å²) in [4.78, 5) is 0. The van der Waals surface area contributed by atoms with Crippen LogP contribution in [-0.2, 0) is 4.74 Å². The maximum absolute atomic E-state index is 6.06. The second-order valence-electron chi connectivity index (χ2n) is 4.63. The molecule has 2 rings (SSSR count). The second-order valence-corrected chi connectivity index (χ2v) is 4.63. The number of ether oxygens (including phenoxy) is 1. The van der Waals surface area contributed by atoms with Gasteiger partial charge in [0.05, 0.1) is 11.7 Å². The molecule has 2 saturated heterocycles. The van der Waals surface area contributed by atoms with Crippen molar-refractivity contribution in [3.8, 4) is 0 Å². The van der Waals surface area contributed by atoms with Crippen molar-refractivity contribution in [2.24, 2.45) is 11.8 Å². The molecule has 2 heterocycles. The quantitative estimate of drug-likeness (QED) is 0.641. The van der Waals surface area contributed by atoms with Crippen molar-refractivity contribution in [1.29, 1.82) is 0 Å². The van der Waals surface area contributed by atoms with Crippen LogP contribution in [0.5, 0.6) is 0 Å². The predicted octanol–water partition coefficient (Wildman–Crippen LogP) is 1.41. The van der Waals surface area contributed by atoms with Crippen LogP contribution in [0.1, 0.15) is 27.7 Å². The van der Waals surface area contributed by atoms with Gasteiger partial charge >= 0.3 is 0 Å². The molecule has 2 nitrogen and oxygen atoms in total. The van der Waals surface area contributed by atoms with Crippen LogP contribution in [0.25, 0.3) is 0 Å². The topological polar surface area (TPSA) is 21.3 Å². The SMILES string of the molecule is CC(C)C12CN[C@@H]([C@H](C)O1)[C@@H]2C. The second kappa shape index (κ2) is 2.46. The van der Waals surface area contributed by atoms with Crippen molar-refractivity contribution in [3.05, 3.63) is 0 Å². The minimum Gasteiger partial charge on any atom is -0.368 e. The lowest BCUT2D eigenvalue weighted by atomic mass is 9.81. The summed E-state index contributed by atoms with van der Waals surface area (Å²) in [7, 11) is 0. The van der Waals surface area contributed by atoms with Crippen LogP contribution < -0.4 is 5.32 Å². The highest BCUT2D eigenvalue weighted by atomic mass is 16.5. The predicted molar refractivity (Wildman–Crippen MR) is 49.1 cm³/mol. The maximum atomic E-state index is 6.06. The van der Waals surface area contributed by atoms with Crippen LogP contribution in [0.15, 0.2) is 0 Å². The first-order valence-electron chi connectivity index (χ1n) is 4.99. The summed E-state index contributed by atoms with van der Waals surface area (Å²) in [6.45, 7) is 10.1. The molecular weight excluding hydrogens is 150 g/mol. The standard InChI is InChI=1S/C10H19NO/c1-6(2)10-5-11-9(7(10)3)8(4)12-10/h6-9,11H,5H2,1-4H3/t7-,8-,9+,10?/m0/s1. The molecule has 70 valence electrons. The zero-order valence-corrected chi connectivity index (χ0v) is 8.42. The van der Waals surface area contributed by atoms with Gasteiger partial charge in [0.1, 0.15) is 0 Å². The Bertz CT molecular complexity index is 192. The molecule has 2 aliphatic heterocycles. The molecule has 2 fully saturated rings. The van der Waals surface area contributed by atoms with Crippen molar-refractivity contribution in [3.63, 3.8) is 0 Å². The molecule has 0 aromatic rings. The van der Waals surface area contributed by atoms with E-state index < -0.39 is 0 Å². The summed E-state index contributed by atoms with van der Waals surface area (Å²) in [5.74, 6) is 1.29. The average molecular weight is 169 g/mol. The van der Waals surface area contributed by atoms with E-state index in [2.05, 4.69) is 33.0 Å². The Balaban J connectivity index is 2.27. The third kappa shape index (κ3) is 0.826. The lowest BCUT2D eigenvalue weighted by molar-refractivity contribution is -0.0880. The maximum Gasteiger partial charge on any atom is 0.0874 e. The van der Waals surface area contributed by atoms with Gasteiger partial charge in [-0.25, -0.2) is 0 Å². The smallest absolute Gasteiger partial charge is 0.0874 e. The summed E-state index contributed by atoms with van der Waals surface area (Å²) in [6, 6.07) is 0.590. The van der Waals surface area contributed by atoms with Crippen LogP contribution in [0.2, 0.25) is 0 Å². The van der Waals surface area contributed by atoms with Gasteiger partial charge in [0.15, 0.2) is 0 Å². The van der Waals surface area contributed by atoms with Gasteiger partial charge in [0.25, 0.3) is 0 Å². The number of morpholine rings is 1. The van der Waals surface area contributed by atoms with E-state index in [9.17, 15) is 0 Å². The molecule has 0 spiro atoms. The van der Waals surface area contributed by atoms with Crippen LogP contribution in [-0.4, -0.2) is 24.3 Å². The molecule has 4 atom stereocenters. The van der Waals surface area contributed by atoms with E-state index in [4.69, 9.17) is 4.74 Å². The van der Waals surface area contributed by atoms with Gasteiger partial charge in [-0.05, 0) is 12.8 Å². The molecule has 2 aliphatic rings. The minimum atomic E-state index is 0.129. The summed E-state index contributed by atoms with van der Waals surface area (Å²) in [5, 5.41) is 3.55. The first kappa shape index (κ1) is 8.52. The van der Waals surface area contributed by atoms with Crippen molar-refractivity contribution < 1.29 is 4.74 Å². The van der Waals surface area contributed by atoms with E-state index in [0.717, 1.165) is 6.54 Å². The summed E-state index contributed by atoms with van der Waals surface area (Å²) >= 11 is 0. The van der Waals surface area contributed by atoms with Crippen molar-refractivity contribution in [2.75, 3.05) is 6.54 Å². The molecular formula is C10H19NO. The molecule has 0 saturated carbocycles. The highest BCUT2D eigenvalue weighted by Gasteiger charge is 2.57. The molecule has 12 heavy (non-hydrogen) atoms. The van der Waals surface area contributed by atoms with Crippen LogP contribution in [0.3, 0.4) is 0 Å². The Morgan fingerprint density at radius 2 is 2.08 bits per heavy atom. The van der Waals surface area contributed by atoms with E-state index in [1.54, 1.807) is 0 Å². The van der Waals surface area contributed by atoms with Gasteiger partial charge in [-0.15, -0.1) is 0 Å². The fourth-order valence-electron chi connectivity index (χ4n) is 2.93. The number of fused-ring (bicyclic) bond motifs is 2. The Morgan fingerprint density at radius 1 is 1.42 bits per heavy atom. The average Bonchev–Trinajstić information content (AvgIpc) is 2.42. The van der Waals surface area contributed by atoms with Gasteiger partial charge in [-0.2, -0.15) is 0 Å². The minimum absolute atomic E-state index is 0.129. The molecule has 2 bridgehead atoms. The van der Waals surface area contributed by atoms with Gasteiger partial charge in [-0.1, -0.05) is 20.8 Å². The molecule has 0 radical (unpaired) electrons. The lowest BCUT2D eigenvalue weighted by Gasteiger charge is -2.34. The molecule has 1 N–H and O–H groups in total. The van der Waals surface area contributed by atoms with Crippen LogP contribution >= 0.6 is 0 Å². The summed E-state index contributed by atoms with van der Waals surface area (Å²) in [5.41, 5.74) is 0.129.